The number of pyridine rings is 1. The molecule has 5 N–H and O–H groups in total. The molecule has 7 rings (SSSR count). The number of hydrogen-bond donors (Lipinski definition) is 4. The van der Waals surface area contributed by atoms with Gasteiger partial charge in [-0.3, -0.25) is 29.8 Å². The lowest BCUT2D eigenvalue weighted by Crippen LogP contribution is -2.46. The number of anilines is 1. The van der Waals surface area contributed by atoms with E-state index < -0.39 is 17.5 Å². The molecule has 42 heavy (non-hydrogen) atoms. The number of nitrogens with two attached hydrogens (primary N) is 1. The maximum absolute atomic E-state index is 13.1. The van der Waals surface area contributed by atoms with Gasteiger partial charge in [0.15, 0.2) is 17.0 Å². The number of nitrogen functional groups attached to an aromatic ring is 1. The molecule has 0 aromatic carbocycles. The molecule has 0 saturated carbocycles. The standard InChI is InChI=1S/C27H27N11O4/c1-12(39)19-20(14-7-15-4-5-16(8-14)37(15)24(40)22-30-11-31-36-22)33-23-17(10-32-38(23)21(19)28)13-3-6-18(29-9-13)27(2)25(41)34-26(42)35-27/h3,6,9-11,14-16H,4-5,7-8,28H2,1-2H3,(H,30,31,36)(H2,34,35,41,42). The van der Waals surface area contributed by atoms with E-state index in [9.17, 15) is 19.2 Å². The number of imide groups is 1. The molecule has 15 nitrogen and oxygen atoms in total. The van der Waals surface area contributed by atoms with Gasteiger partial charge in [-0.05, 0) is 45.6 Å². The number of fused-ring (bicyclic) bond motifs is 3. The van der Waals surface area contributed by atoms with Gasteiger partial charge in [0.05, 0.1) is 23.1 Å². The van der Waals surface area contributed by atoms with Crippen LogP contribution in [0.15, 0.2) is 30.9 Å². The van der Waals surface area contributed by atoms with E-state index in [4.69, 9.17) is 10.7 Å². The topological polar surface area (TPSA) is 206 Å². The monoisotopic (exact) mass is 569 g/mol. The number of aromatic amines is 1. The van der Waals surface area contributed by atoms with Gasteiger partial charge >= 0.3 is 6.03 Å². The van der Waals surface area contributed by atoms with E-state index in [0.29, 0.717) is 46.6 Å². The quantitative estimate of drug-likeness (QED) is 0.200. The van der Waals surface area contributed by atoms with Crippen molar-refractivity contribution >= 4 is 35.1 Å². The molecule has 0 aliphatic carbocycles. The Morgan fingerprint density at radius 3 is 2.45 bits per heavy atom. The molecular formula is C27H27N11O4. The van der Waals surface area contributed by atoms with Crippen molar-refractivity contribution in [3.05, 3.63) is 53.6 Å². The number of urea groups is 1. The number of carbonyl (C=O) groups is 4. The maximum atomic E-state index is 13.1. The Kier molecular flexibility index (Phi) is 5.61. The van der Waals surface area contributed by atoms with Crippen LogP contribution in [0.25, 0.3) is 16.8 Å². The van der Waals surface area contributed by atoms with E-state index in [0.717, 1.165) is 12.8 Å². The summed E-state index contributed by atoms with van der Waals surface area (Å²) >= 11 is 0. The molecule has 0 spiro atoms. The average molecular weight is 570 g/mol. The molecule has 3 unspecified atom stereocenters. The Morgan fingerprint density at radius 2 is 1.86 bits per heavy atom. The Hall–Kier alpha value is -5.21. The summed E-state index contributed by atoms with van der Waals surface area (Å²) in [6.45, 7) is 3.05. The van der Waals surface area contributed by atoms with E-state index in [2.05, 4.69) is 35.9 Å². The van der Waals surface area contributed by atoms with Crippen LogP contribution < -0.4 is 16.4 Å². The van der Waals surface area contributed by atoms with Crippen LogP contribution in [-0.2, 0) is 10.3 Å². The van der Waals surface area contributed by atoms with Crippen LogP contribution in [0.5, 0.6) is 0 Å². The molecular weight excluding hydrogens is 542 g/mol. The van der Waals surface area contributed by atoms with Crippen molar-refractivity contribution < 1.29 is 19.2 Å². The number of rotatable bonds is 5. The number of H-pyrrole nitrogens is 1. The largest absolute Gasteiger partial charge is 0.383 e. The average Bonchev–Trinajstić information content (AvgIpc) is 3.74. The normalized spacial score (nSPS) is 25.1. The van der Waals surface area contributed by atoms with E-state index in [1.54, 1.807) is 31.5 Å². The number of aromatic nitrogens is 7. The first-order valence-electron chi connectivity index (χ1n) is 13.6. The van der Waals surface area contributed by atoms with Gasteiger partial charge in [-0.15, -0.1) is 0 Å². The van der Waals surface area contributed by atoms with Gasteiger partial charge in [0.25, 0.3) is 11.8 Å². The summed E-state index contributed by atoms with van der Waals surface area (Å²) in [4.78, 5) is 65.4. The lowest BCUT2D eigenvalue weighted by atomic mass is 9.85. The maximum Gasteiger partial charge on any atom is 0.322 e. The first-order valence-corrected chi connectivity index (χ1v) is 13.6. The predicted molar refractivity (Wildman–Crippen MR) is 146 cm³/mol. The highest BCUT2D eigenvalue weighted by Gasteiger charge is 2.46. The van der Waals surface area contributed by atoms with Gasteiger partial charge in [0.2, 0.25) is 5.82 Å². The van der Waals surface area contributed by atoms with Gasteiger partial charge < -0.3 is 16.0 Å². The van der Waals surface area contributed by atoms with Gasteiger partial charge in [-0.25, -0.2) is 14.8 Å². The van der Waals surface area contributed by atoms with Crippen LogP contribution in [0.4, 0.5) is 10.6 Å². The lowest BCUT2D eigenvalue weighted by Gasteiger charge is -2.38. The number of amides is 4. The highest BCUT2D eigenvalue weighted by atomic mass is 16.2. The minimum Gasteiger partial charge on any atom is -0.383 e. The smallest absolute Gasteiger partial charge is 0.322 e. The number of carbonyl (C=O) groups excluding carboxylic acids is 4. The van der Waals surface area contributed by atoms with Gasteiger partial charge in [0.1, 0.15) is 12.1 Å². The van der Waals surface area contributed by atoms with Crippen molar-refractivity contribution in [3.63, 3.8) is 0 Å². The summed E-state index contributed by atoms with van der Waals surface area (Å²) in [7, 11) is 0. The third-order valence-corrected chi connectivity index (χ3v) is 8.67. The molecule has 3 saturated heterocycles. The molecule has 2 bridgehead atoms. The number of hydrogen-bond acceptors (Lipinski definition) is 10. The number of ketones is 1. The van der Waals surface area contributed by atoms with Crippen LogP contribution >= 0.6 is 0 Å². The minimum atomic E-state index is -1.29. The summed E-state index contributed by atoms with van der Waals surface area (Å²) in [5.41, 5.74) is 8.35. The number of piperidine rings is 1. The van der Waals surface area contributed by atoms with E-state index in [-0.39, 0.29) is 41.3 Å². The highest BCUT2D eigenvalue weighted by Crippen LogP contribution is 2.45. The fourth-order valence-electron chi connectivity index (χ4n) is 6.63. The van der Waals surface area contributed by atoms with Crippen LogP contribution in [0.2, 0.25) is 0 Å². The van der Waals surface area contributed by atoms with Crippen molar-refractivity contribution in [2.75, 3.05) is 5.73 Å². The van der Waals surface area contributed by atoms with Crippen LogP contribution in [0, 0.1) is 0 Å². The van der Waals surface area contributed by atoms with Crippen molar-refractivity contribution in [1.82, 2.24) is 50.3 Å². The fraction of sp³-hybridized carbons (Fsp3) is 0.370. The van der Waals surface area contributed by atoms with Gasteiger partial charge in [-0.2, -0.15) is 14.7 Å². The Labute approximate surface area is 238 Å². The zero-order valence-electron chi connectivity index (χ0n) is 22.8. The van der Waals surface area contributed by atoms with Crippen LogP contribution in [0.1, 0.15) is 77.8 Å². The predicted octanol–water partition coefficient (Wildman–Crippen LogP) is 1.30. The second-order valence-corrected chi connectivity index (χ2v) is 11.2. The Bertz CT molecular complexity index is 1770. The molecule has 7 heterocycles. The Morgan fingerprint density at radius 1 is 1.10 bits per heavy atom. The van der Waals surface area contributed by atoms with Crippen molar-refractivity contribution in [3.8, 4) is 11.1 Å². The minimum absolute atomic E-state index is 0.0267. The van der Waals surface area contributed by atoms with E-state index in [1.807, 2.05) is 4.90 Å². The number of nitrogens with one attached hydrogen (secondary N) is 3. The fourth-order valence-corrected chi connectivity index (χ4v) is 6.63. The summed E-state index contributed by atoms with van der Waals surface area (Å²) in [5.74, 6) is -0.554. The van der Waals surface area contributed by atoms with Crippen molar-refractivity contribution in [2.45, 2.75) is 63.1 Å². The SMILES string of the molecule is CC(=O)c1c(C2CC3CCC(C2)N3C(=O)c2ncn[nH]2)nc2c(-c3ccc(C4(C)NC(=O)NC4=O)nc3)cnn2c1N. The lowest BCUT2D eigenvalue weighted by molar-refractivity contribution is -0.123. The summed E-state index contributed by atoms with van der Waals surface area (Å²) < 4.78 is 1.45. The molecule has 0 radical (unpaired) electrons. The Balaban J connectivity index is 1.25. The second-order valence-electron chi connectivity index (χ2n) is 11.2. The zero-order valence-corrected chi connectivity index (χ0v) is 22.8. The van der Waals surface area contributed by atoms with Crippen molar-refractivity contribution in [1.29, 1.82) is 0 Å². The zero-order chi connectivity index (χ0) is 29.3. The number of nitrogens with zero attached hydrogens (tertiary/aromatic N) is 7. The van der Waals surface area contributed by atoms with Crippen LogP contribution in [0.3, 0.4) is 0 Å². The van der Waals surface area contributed by atoms with Crippen LogP contribution in [-0.4, -0.2) is 75.4 Å². The number of Topliss-reactive ketones (excluding diaryl/α,β-unsaturated/α-hetero) is 1. The van der Waals surface area contributed by atoms with Crippen molar-refractivity contribution in [2.24, 2.45) is 0 Å². The summed E-state index contributed by atoms with van der Waals surface area (Å²) in [5, 5.41) is 15.7. The summed E-state index contributed by atoms with van der Waals surface area (Å²) in [6, 6.07) is 2.80. The van der Waals surface area contributed by atoms with Gasteiger partial charge in [0, 0.05) is 35.3 Å². The third-order valence-electron chi connectivity index (χ3n) is 8.67. The molecule has 3 fully saturated rings. The molecule has 4 aromatic heterocycles. The molecule has 3 aliphatic rings. The second kappa shape index (κ2) is 9.15. The molecule has 4 aromatic rings. The summed E-state index contributed by atoms with van der Waals surface area (Å²) in [6.07, 6.45) is 7.47. The highest BCUT2D eigenvalue weighted by molar-refractivity contribution is 6.07. The van der Waals surface area contributed by atoms with E-state index in [1.165, 1.54) is 17.8 Å². The van der Waals surface area contributed by atoms with E-state index >= 15 is 0 Å². The molecule has 214 valence electrons. The van der Waals surface area contributed by atoms with Gasteiger partial charge in [-0.1, -0.05) is 6.07 Å². The molecule has 3 atom stereocenters. The first kappa shape index (κ1) is 25.7. The molecule has 15 heteroatoms. The first-order chi connectivity index (χ1) is 20.2. The molecule has 4 amide bonds. The third kappa shape index (κ3) is 3.76. The molecule has 3 aliphatic heterocycles.